The van der Waals surface area contributed by atoms with E-state index in [0.717, 1.165) is 26.1 Å². The number of rotatable bonds is 7. The third kappa shape index (κ3) is 4.13. The molecule has 2 N–H and O–H groups in total. The minimum atomic E-state index is -1.34. The van der Waals surface area contributed by atoms with Crippen molar-refractivity contribution in [2.75, 3.05) is 31.5 Å². The summed E-state index contributed by atoms with van der Waals surface area (Å²) in [6.45, 7) is 7.35. The van der Waals surface area contributed by atoms with Crippen LogP contribution in [-0.4, -0.2) is 48.7 Å². The van der Waals surface area contributed by atoms with E-state index in [-0.39, 0.29) is 0 Å². The van der Waals surface area contributed by atoms with Gasteiger partial charge in [-0.3, -0.25) is 14.4 Å². The zero-order chi connectivity index (χ0) is 17.7. The van der Waals surface area contributed by atoms with Gasteiger partial charge in [-0.2, -0.15) is 0 Å². The van der Waals surface area contributed by atoms with Crippen LogP contribution in [0, 0.1) is 5.92 Å². The van der Waals surface area contributed by atoms with Crippen molar-refractivity contribution in [2.45, 2.75) is 20.3 Å². The fourth-order valence-electron chi connectivity index (χ4n) is 2.71. The van der Waals surface area contributed by atoms with Gasteiger partial charge in [-0.1, -0.05) is 25.4 Å². The Labute approximate surface area is 146 Å². The van der Waals surface area contributed by atoms with Crippen LogP contribution in [0.4, 0.5) is 5.69 Å². The quantitative estimate of drug-likeness (QED) is 0.581. The Morgan fingerprint density at radius 2 is 2.00 bits per heavy atom. The fourth-order valence-corrected chi connectivity index (χ4v) is 2.88. The molecule has 0 saturated carbocycles. The number of nitrogens with zero attached hydrogens (tertiary/aromatic N) is 1. The fraction of sp³-hybridized carbons (Fsp3) is 0.471. The maximum Gasteiger partial charge on any atom is 0.244 e. The molecule has 0 fully saturated rings. The summed E-state index contributed by atoms with van der Waals surface area (Å²) in [7, 11) is 0. The Hall–Kier alpha value is -1.92. The lowest BCUT2D eigenvalue weighted by Gasteiger charge is -2.23. The molecule has 0 aromatic heterocycles. The van der Waals surface area contributed by atoms with Crippen molar-refractivity contribution in [1.29, 1.82) is 0 Å². The number of halogens is 1. The SMILES string of the molecule is CCN(CC)CCCNC(=O)C1C(=O)Nc2cc(Cl)ccc2C1=O. The van der Waals surface area contributed by atoms with Gasteiger partial charge in [0.25, 0.3) is 0 Å². The molecule has 1 atom stereocenters. The Morgan fingerprint density at radius 1 is 1.29 bits per heavy atom. The molecule has 7 heteroatoms. The second-order valence-corrected chi connectivity index (χ2v) is 6.08. The van der Waals surface area contributed by atoms with E-state index in [1.807, 2.05) is 0 Å². The van der Waals surface area contributed by atoms with Crippen LogP contribution >= 0.6 is 11.6 Å². The molecule has 0 radical (unpaired) electrons. The summed E-state index contributed by atoms with van der Waals surface area (Å²) in [6.07, 6.45) is 0.766. The Balaban J connectivity index is 1.96. The number of anilines is 1. The Morgan fingerprint density at radius 3 is 2.67 bits per heavy atom. The van der Waals surface area contributed by atoms with E-state index < -0.39 is 23.5 Å². The molecule has 1 aromatic carbocycles. The van der Waals surface area contributed by atoms with Gasteiger partial charge in [0, 0.05) is 17.1 Å². The van der Waals surface area contributed by atoms with Crippen LogP contribution in [0.5, 0.6) is 0 Å². The summed E-state index contributed by atoms with van der Waals surface area (Å²) in [5, 5.41) is 5.68. The number of amides is 2. The van der Waals surface area contributed by atoms with Crippen LogP contribution in [0.3, 0.4) is 0 Å². The van der Waals surface area contributed by atoms with Crippen LogP contribution in [0.1, 0.15) is 30.6 Å². The summed E-state index contributed by atoms with van der Waals surface area (Å²) >= 11 is 5.86. The molecule has 130 valence electrons. The molecule has 1 aromatic rings. The molecule has 1 aliphatic rings. The normalized spacial score (nSPS) is 16.8. The highest BCUT2D eigenvalue weighted by Crippen LogP contribution is 2.28. The number of benzene rings is 1. The van der Waals surface area contributed by atoms with E-state index in [2.05, 4.69) is 29.4 Å². The smallest absolute Gasteiger partial charge is 0.244 e. The number of Topliss-reactive ketones (excluding diaryl/α,β-unsaturated/α-hetero) is 1. The molecule has 0 saturated heterocycles. The predicted molar refractivity (Wildman–Crippen MR) is 93.3 cm³/mol. The Kier molecular flexibility index (Phi) is 6.34. The molecule has 6 nitrogen and oxygen atoms in total. The molecule has 2 rings (SSSR count). The number of hydrogen-bond acceptors (Lipinski definition) is 4. The highest BCUT2D eigenvalue weighted by molar-refractivity contribution is 6.33. The Bertz CT molecular complexity index is 644. The lowest BCUT2D eigenvalue weighted by atomic mass is 9.91. The minimum absolute atomic E-state index is 0.308. The molecular weight excluding hydrogens is 330 g/mol. The maximum atomic E-state index is 12.4. The van der Waals surface area contributed by atoms with E-state index in [9.17, 15) is 14.4 Å². The van der Waals surface area contributed by atoms with Crippen molar-refractivity contribution in [3.8, 4) is 0 Å². The van der Waals surface area contributed by atoms with Gasteiger partial charge in [-0.25, -0.2) is 0 Å². The molecule has 1 aliphatic heterocycles. The average Bonchev–Trinajstić information content (AvgIpc) is 2.54. The van der Waals surface area contributed by atoms with Crippen molar-refractivity contribution in [3.63, 3.8) is 0 Å². The van der Waals surface area contributed by atoms with Gasteiger partial charge in [-0.15, -0.1) is 0 Å². The second kappa shape index (κ2) is 8.26. The number of carbonyl (C=O) groups excluding carboxylic acids is 3. The van der Waals surface area contributed by atoms with Crippen molar-refractivity contribution in [1.82, 2.24) is 10.2 Å². The van der Waals surface area contributed by atoms with Crippen molar-refractivity contribution >= 4 is 34.9 Å². The van der Waals surface area contributed by atoms with Gasteiger partial charge in [0.1, 0.15) is 0 Å². The first-order chi connectivity index (χ1) is 11.5. The minimum Gasteiger partial charge on any atom is -0.355 e. The first-order valence-corrected chi connectivity index (χ1v) is 8.50. The molecule has 24 heavy (non-hydrogen) atoms. The molecule has 0 bridgehead atoms. The van der Waals surface area contributed by atoms with Crippen LogP contribution in [0.25, 0.3) is 0 Å². The summed E-state index contributed by atoms with van der Waals surface area (Å²) in [5.41, 5.74) is 0.658. The van der Waals surface area contributed by atoms with Gasteiger partial charge >= 0.3 is 0 Å². The highest BCUT2D eigenvalue weighted by Gasteiger charge is 2.39. The topological polar surface area (TPSA) is 78.5 Å². The first-order valence-electron chi connectivity index (χ1n) is 8.12. The van der Waals surface area contributed by atoms with Crippen molar-refractivity contribution in [3.05, 3.63) is 28.8 Å². The molecular formula is C17H22ClN3O3. The van der Waals surface area contributed by atoms with Crippen LogP contribution < -0.4 is 10.6 Å². The molecule has 1 heterocycles. The second-order valence-electron chi connectivity index (χ2n) is 5.65. The number of fused-ring (bicyclic) bond motifs is 1. The zero-order valence-electron chi connectivity index (χ0n) is 13.9. The summed E-state index contributed by atoms with van der Waals surface area (Å²) in [4.78, 5) is 39.0. The van der Waals surface area contributed by atoms with Crippen molar-refractivity contribution in [2.24, 2.45) is 5.92 Å². The largest absolute Gasteiger partial charge is 0.355 e. The predicted octanol–water partition coefficient (Wildman–Crippen LogP) is 1.94. The number of hydrogen-bond donors (Lipinski definition) is 2. The maximum absolute atomic E-state index is 12.4. The van der Waals surface area contributed by atoms with E-state index in [4.69, 9.17) is 11.6 Å². The molecule has 1 unspecified atom stereocenters. The van der Waals surface area contributed by atoms with E-state index in [0.29, 0.717) is 22.8 Å². The van der Waals surface area contributed by atoms with E-state index in [1.165, 1.54) is 12.1 Å². The molecule has 0 aliphatic carbocycles. The van der Waals surface area contributed by atoms with Gasteiger partial charge in [-0.05, 0) is 44.3 Å². The summed E-state index contributed by atoms with van der Waals surface area (Å²) in [5.74, 6) is -3.01. The lowest BCUT2D eigenvalue weighted by Crippen LogP contribution is -2.46. The average molecular weight is 352 g/mol. The zero-order valence-corrected chi connectivity index (χ0v) is 14.7. The number of ketones is 1. The lowest BCUT2D eigenvalue weighted by molar-refractivity contribution is -0.130. The van der Waals surface area contributed by atoms with Gasteiger partial charge in [0.2, 0.25) is 11.8 Å². The standard InChI is InChI=1S/C17H22ClN3O3/c1-3-21(4-2)9-5-8-19-16(23)14-15(22)12-7-6-11(18)10-13(12)20-17(14)24/h6-7,10,14H,3-5,8-9H2,1-2H3,(H,19,23)(H,20,24). The van der Waals surface area contributed by atoms with Crippen LogP contribution in [-0.2, 0) is 9.59 Å². The monoisotopic (exact) mass is 351 g/mol. The molecule has 2 amide bonds. The van der Waals surface area contributed by atoms with E-state index >= 15 is 0 Å². The van der Waals surface area contributed by atoms with Crippen molar-refractivity contribution < 1.29 is 14.4 Å². The van der Waals surface area contributed by atoms with E-state index in [1.54, 1.807) is 6.07 Å². The van der Waals surface area contributed by atoms with Crippen LogP contribution in [0.15, 0.2) is 18.2 Å². The third-order valence-electron chi connectivity index (χ3n) is 4.14. The van der Waals surface area contributed by atoms with Gasteiger partial charge in [0.05, 0.1) is 5.69 Å². The van der Waals surface area contributed by atoms with Crippen LogP contribution in [0.2, 0.25) is 5.02 Å². The summed E-state index contributed by atoms with van der Waals surface area (Å²) in [6, 6.07) is 4.60. The van der Waals surface area contributed by atoms with Gasteiger partial charge < -0.3 is 15.5 Å². The first kappa shape index (κ1) is 18.4. The summed E-state index contributed by atoms with van der Waals surface area (Å²) < 4.78 is 0. The number of carbonyl (C=O) groups is 3. The molecule has 0 spiro atoms. The number of nitrogens with one attached hydrogen (secondary N) is 2. The third-order valence-corrected chi connectivity index (χ3v) is 4.37. The highest BCUT2D eigenvalue weighted by atomic mass is 35.5. The van der Waals surface area contributed by atoms with Gasteiger partial charge in [0.15, 0.2) is 11.7 Å².